The van der Waals surface area contributed by atoms with Gasteiger partial charge in [0.2, 0.25) is 0 Å². The van der Waals surface area contributed by atoms with Gasteiger partial charge in [-0.3, -0.25) is 0 Å². The van der Waals surface area contributed by atoms with Gasteiger partial charge in [0, 0.05) is 19.2 Å². The maximum atomic E-state index is 13.2. The van der Waals surface area contributed by atoms with Crippen molar-refractivity contribution in [3.63, 3.8) is 0 Å². The van der Waals surface area contributed by atoms with Crippen molar-refractivity contribution in [2.24, 2.45) is 0 Å². The Balaban J connectivity index is 1.73. The number of pyridine rings is 1. The van der Waals surface area contributed by atoms with Crippen LogP contribution in [0.15, 0.2) is 30.6 Å². The Hall–Kier alpha value is -2.81. The number of alkyl halides is 3. The zero-order chi connectivity index (χ0) is 19.9. The molecule has 6 nitrogen and oxygen atoms in total. The summed E-state index contributed by atoms with van der Waals surface area (Å²) in [6.07, 6.45) is -2.92. The fourth-order valence-corrected chi connectivity index (χ4v) is 3.42. The van der Waals surface area contributed by atoms with Gasteiger partial charge in [-0.25, -0.2) is 9.97 Å². The van der Waals surface area contributed by atoms with Crippen molar-refractivity contribution in [1.29, 1.82) is 0 Å². The highest BCUT2D eigenvalue weighted by atomic mass is 19.4. The van der Waals surface area contributed by atoms with E-state index in [4.69, 9.17) is 4.74 Å². The summed E-state index contributed by atoms with van der Waals surface area (Å²) >= 11 is 0. The van der Waals surface area contributed by atoms with E-state index in [0.717, 1.165) is 6.07 Å². The zero-order valence-corrected chi connectivity index (χ0v) is 15.2. The van der Waals surface area contributed by atoms with Crippen molar-refractivity contribution in [2.75, 3.05) is 31.2 Å². The third-order valence-corrected chi connectivity index (χ3v) is 4.97. The Morgan fingerprint density at radius 2 is 1.96 bits per heavy atom. The second-order valence-corrected chi connectivity index (χ2v) is 6.73. The van der Waals surface area contributed by atoms with Gasteiger partial charge in [-0.05, 0) is 24.1 Å². The molecule has 0 atom stereocenters. The topological polar surface area (TPSA) is 63.4 Å². The highest BCUT2D eigenvalue weighted by molar-refractivity contribution is 5.80. The predicted octanol–water partition coefficient (Wildman–Crippen LogP) is 3.35. The molecule has 0 bridgehead atoms. The first-order valence-corrected chi connectivity index (χ1v) is 8.88. The summed E-state index contributed by atoms with van der Waals surface area (Å²) in [4.78, 5) is 10.8. The Kier molecular flexibility index (Phi) is 4.62. The molecule has 9 heteroatoms. The summed E-state index contributed by atoms with van der Waals surface area (Å²) in [6.45, 7) is 4.08. The van der Waals surface area contributed by atoms with E-state index in [-0.39, 0.29) is 17.9 Å². The molecule has 0 unspecified atom stereocenters. The number of morpholine rings is 1. The third-order valence-electron chi connectivity index (χ3n) is 4.97. The lowest BCUT2D eigenvalue weighted by Gasteiger charge is -2.27. The van der Waals surface area contributed by atoms with Gasteiger partial charge < -0.3 is 19.3 Å². The molecule has 0 saturated carbocycles. The lowest BCUT2D eigenvalue weighted by molar-refractivity contribution is -0.138. The van der Waals surface area contributed by atoms with E-state index in [2.05, 4.69) is 9.97 Å². The van der Waals surface area contributed by atoms with Gasteiger partial charge in [-0.15, -0.1) is 0 Å². The van der Waals surface area contributed by atoms with E-state index in [0.29, 0.717) is 48.8 Å². The van der Waals surface area contributed by atoms with E-state index in [1.54, 1.807) is 16.7 Å². The minimum absolute atomic E-state index is 0.00833. The van der Waals surface area contributed by atoms with Crippen molar-refractivity contribution < 1.29 is 23.0 Å². The first-order chi connectivity index (χ1) is 13.3. The molecular formula is C19H19F3N4O2. The van der Waals surface area contributed by atoms with E-state index >= 15 is 0 Å². The van der Waals surface area contributed by atoms with Crippen LogP contribution in [0.3, 0.4) is 0 Å². The molecule has 28 heavy (non-hydrogen) atoms. The van der Waals surface area contributed by atoms with Gasteiger partial charge in [-0.1, -0.05) is 12.1 Å². The van der Waals surface area contributed by atoms with Crippen LogP contribution in [0.25, 0.3) is 11.2 Å². The Labute approximate surface area is 159 Å². The summed E-state index contributed by atoms with van der Waals surface area (Å²) in [6, 6.07) is 5.68. The molecule has 4 rings (SSSR count). The Bertz CT molecular complexity index is 1010. The molecule has 1 N–H and O–H groups in total. The predicted molar refractivity (Wildman–Crippen MR) is 97.5 cm³/mol. The first kappa shape index (κ1) is 18.5. The number of aromatic hydroxyl groups is 1. The van der Waals surface area contributed by atoms with Crippen molar-refractivity contribution in [1.82, 2.24) is 14.5 Å². The van der Waals surface area contributed by atoms with Gasteiger partial charge in [0.05, 0.1) is 31.6 Å². The molecule has 0 amide bonds. The molecule has 3 aromatic rings. The molecule has 0 radical (unpaired) electrons. The second-order valence-electron chi connectivity index (χ2n) is 6.73. The van der Waals surface area contributed by atoms with Crippen LogP contribution in [0.5, 0.6) is 5.75 Å². The number of hydrogen-bond acceptors (Lipinski definition) is 5. The maximum absolute atomic E-state index is 13.2. The number of rotatable bonds is 3. The molecule has 1 aliphatic rings. The molecule has 1 saturated heterocycles. The Morgan fingerprint density at radius 1 is 1.21 bits per heavy atom. The first-order valence-electron chi connectivity index (χ1n) is 8.88. The number of benzene rings is 1. The van der Waals surface area contributed by atoms with Crippen molar-refractivity contribution in [3.05, 3.63) is 47.3 Å². The van der Waals surface area contributed by atoms with E-state index in [1.165, 1.54) is 19.3 Å². The monoisotopic (exact) mass is 392 g/mol. The molecule has 1 fully saturated rings. The number of hydrogen-bond donors (Lipinski definition) is 1. The van der Waals surface area contributed by atoms with E-state index < -0.39 is 11.7 Å². The van der Waals surface area contributed by atoms with Crippen LogP contribution < -0.4 is 4.90 Å². The number of imidazole rings is 1. The Morgan fingerprint density at radius 3 is 2.68 bits per heavy atom. The second kappa shape index (κ2) is 6.97. The average molecular weight is 392 g/mol. The molecule has 0 aliphatic carbocycles. The van der Waals surface area contributed by atoms with Gasteiger partial charge in [0.1, 0.15) is 17.1 Å². The summed E-state index contributed by atoms with van der Waals surface area (Å²) in [5, 5.41) is 10.3. The van der Waals surface area contributed by atoms with Crippen LogP contribution in [-0.2, 0) is 17.5 Å². The molecule has 148 valence electrons. The van der Waals surface area contributed by atoms with Crippen LogP contribution in [0.1, 0.15) is 16.7 Å². The number of halogens is 3. The molecule has 2 aromatic heterocycles. The largest absolute Gasteiger partial charge is 0.505 e. The van der Waals surface area contributed by atoms with Gasteiger partial charge >= 0.3 is 6.18 Å². The molecule has 1 aliphatic heterocycles. The maximum Gasteiger partial charge on any atom is 0.416 e. The van der Waals surface area contributed by atoms with Gasteiger partial charge in [-0.2, -0.15) is 13.2 Å². The summed E-state index contributed by atoms with van der Waals surface area (Å²) < 4.78 is 46.6. The summed E-state index contributed by atoms with van der Waals surface area (Å²) in [5.41, 5.74) is 0.789. The number of ether oxygens (including phenoxy) is 1. The van der Waals surface area contributed by atoms with E-state index in [9.17, 15) is 18.3 Å². The quantitative estimate of drug-likeness (QED) is 0.741. The van der Waals surface area contributed by atoms with Crippen LogP contribution >= 0.6 is 0 Å². The number of nitrogens with zero attached hydrogens (tertiary/aromatic N) is 4. The SMILES string of the molecule is Cc1c(Cn2cnc3c(O)cc(N4CCOCC4)nc32)cccc1C(F)(F)F. The van der Waals surface area contributed by atoms with Gasteiger partial charge in [0.25, 0.3) is 0 Å². The minimum atomic E-state index is -4.41. The number of aromatic nitrogens is 3. The molecule has 0 spiro atoms. The normalized spacial score (nSPS) is 15.4. The minimum Gasteiger partial charge on any atom is -0.505 e. The molecular weight excluding hydrogens is 373 g/mol. The molecule has 3 heterocycles. The van der Waals surface area contributed by atoms with E-state index in [1.807, 2.05) is 4.90 Å². The van der Waals surface area contributed by atoms with Crippen molar-refractivity contribution >= 4 is 17.0 Å². The van der Waals surface area contributed by atoms with Crippen LogP contribution in [0, 0.1) is 6.92 Å². The lowest BCUT2D eigenvalue weighted by atomic mass is 10.0. The van der Waals surface area contributed by atoms with Crippen molar-refractivity contribution in [2.45, 2.75) is 19.6 Å². The lowest BCUT2D eigenvalue weighted by Crippen LogP contribution is -2.36. The highest BCUT2D eigenvalue weighted by Gasteiger charge is 2.32. The highest BCUT2D eigenvalue weighted by Crippen LogP contribution is 2.34. The standard InChI is InChI=1S/C19H19F3N4O2/c1-12-13(3-2-4-14(12)19(20,21)22)10-26-11-23-17-15(27)9-16(24-18(17)26)25-5-7-28-8-6-25/h2-4,9,11H,5-8,10H2,1H3,(H,24,27). The van der Waals surface area contributed by atoms with Crippen molar-refractivity contribution in [3.8, 4) is 5.75 Å². The fraction of sp³-hybridized carbons (Fsp3) is 0.368. The summed E-state index contributed by atoms with van der Waals surface area (Å²) in [7, 11) is 0. The fourth-order valence-electron chi connectivity index (χ4n) is 3.42. The molecule has 1 aromatic carbocycles. The number of fused-ring (bicyclic) bond motifs is 1. The smallest absolute Gasteiger partial charge is 0.416 e. The average Bonchev–Trinajstić information content (AvgIpc) is 3.06. The van der Waals surface area contributed by atoms with Crippen LogP contribution in [-0.4, -0.2) is 45.9 Å². The number of anilines is 1. The summed E-state index contributed by atoms with van der Waals surface area (Å²) in [5.74, 6) is 0.585. The van der Waals surface area contributed by atoms with Crippen LogP contribution in [0.2, 0.25) is 0 Å². The van der Waals surface area contributed by atoms with Crippen LogP contribution in [0.4, 0.5) is 19.0 Å². The third kappa shape index (κ3) is 3.37. The zero-order valence-electron chi connectivity index (χ0n) is 15.2. The van der Waals surface area contributed by atoms with Gasteiger partial charge in [0.15, 0.2) is 5.65 Å².